The van der Waals surface area contributed by atoms with Crippen LogP contribution in [0.2, 0.25) is 0 Å². The summed E-state index contributed by atoms with van der Waals surface area (Å²) in [5.74, 6) is 0.480. The number of anilines is 1. The largest absolute Gasteiger partial charge is 0.324 e. The SMILES string of the molecule is CC[C@H](C)c1ccccc1NC(=O)[C@H](C)N1CCN(Cc2ccc(C#N)cc2)CC1. The Morgan fingerprint density at radius 3 is 2.37 bits per heavy atom. The Balaban J connectivity index is 1.53. The van der Waals surface area contributed by atoms with Gasteiger partial charge in [-0.3, -0.25) is 14.6 Å². The summed E-state index contributed by atoms with van der Waals surface area (Å²) in [7, 11) is 0. The van der Waals surface area contributed by atoms with Gasteiger partial charge >= 0.3 is 0 Å². The number of hydrogen-bond acceptors (Lipinski definition) is 4. The van der Waals surface area contributed by atoms with E-state index in [0.717, 1.165) is 44.8 Å². The van der Waals surface area contributed by atoms with Gasteiger partial charge < -0.3 is 5.32 Å². The predicted molar refractivity (Wildman–Crippen MR) is 121 cm³/mol. The maximum Gasteiger partial charge on any atom is 0.241 e. The molecule has 30 heavy (non-hydrogen) atoms. The topological polar surface area (TPSA) is 59.4 Å². The van der Waals surface area contributed by atoms with Gasteiger partial charge in [0.15, 0.2) is 0 Å². The molecule has 0 aromatic heterocycles. The molecule has 2 aromatic rings. The summed E-state index contributed by atoms with van der Waals surface area (Å²) in [4.78, 5) is 17.6. The minimum Gasteiger partial charge on any atom is -0.324 e. The number of nitriles is 1. The van der Waals surface area contributed by atoms with E-state index in [9.17, 15) is 4.79 Å². The fourth-order valence-corrected chi connectivity index (χ4v) is 3.92. The van der Waals surface area contributed by atoms with Crippen LogP contribution in [0.25, 0.3) is 0 Å². The molecule has 5 heteroatoms. The van der Waals surface area contributed by atoms with E-state index in [1.807, 2.05) is 49.4 Å². The Morgan fingerprint density at radius 1 is 1.07 bits per heavy atom. The van der Waals surface area contributed by atoms with E-state index in [1.54, 1.807) is 0 Å². The maximum absolute atomic E-state index is 12.9. The summed E-state index contributed by atoms with van der Waals surface area (Å²) in [6.45, 7) is 10.8. The second kappa shape index (κ2) is 10.4. The first-order valence-corrected chi connectivity index (χ1v) is 10.9. The van der Waals surface area contributed by atoms with Gasteiger partial charge in [0.1, 0.15) is 0 Å². The molecule has 3 rings (SSSR count). The number of benzene rings is 2. The summed E-state index contributed by atoms with van der Waals surface area (Å²) >= 11 is 0. The molecule has 0 radical (unpaired) electrons. The lowest BCUT2D eigenvalue weighted by Crippen LogP contribution is -2.52. The number of piperazine rings is 1. The van der Waals surface area contributed by atoms with E-state index in [1.165, 1.54) is 11.1 Å². The first-order valence-electron chi connectivity index (χ1n) is 10.9. The van der Waals surface area contributed by atoms with Crippen molar-refractivity contribution in [2.75, 3.05) is 31.5 Å². The molecule has 5 nitrogen and oxygen atoms in total. The molecule has 1 heterocycles. The molecule has 1 amide bonds. The van der Waals surface area contributed by atoms with Gasteiger partial charge in [-0.1, -0.05) is 44.2 Å². The van der Waals surface area contributed by atoms with Gasteiger partial charge in [0.25, 0.3) is 0 Å². The lowest BCUT2D eigenvalue weighted by Gasteiger charge is -2.37. The zero-order valence-corrected chi connectivity index (χ0v) is 18.3. The summed E-state index contributed by atoms with van der Waals surface area (Å²) in [6.07, 6.45) is 1.05. The van der Waals surface area contributed by atoms with Crippen LogP contribution in [0.5, 0.6) is 0 Å². The normalized spacial score (nSPS) is 17.1. The lowest BCUT2D eigenvalue weighted by molar-refractivity contribution is -0.121. The molecule has 1 saturated heterocycles. The number of para-hydroxylation sites is 1. The van der Waals surface area contributed by atoms with E-state index >= 15 is 0 Å². The van der Waals surface area contributed by atoms with Crippen molar-refractivity contribution < 1.29 is 4.79 Å². The molecule has 1 fully saturated rings. The highest BCUT2D eigenvalue weighted by atomic mass is 16.2. The summed E-state index contributed by atoms with van der Waals surface area (Å²) in [5.41, 5.74) is 4.05. The van der Waals surface area contributed by atoms with Gasteiger partial charge in [0.05, 0.1) is 17.7 Å². The van der Waals surface area contributed by atoms with Gasteiger partial charge in [0.2, 0.25) is 5.91 Å². The van der Waals surface area contributed by atoms with E-state index in [-0.39, 0.29) is 11.9 Å². The van der Waals surface area contributed by atoms with E-state index in [4.69, 9.17) is 5.26 Å². The van der Waals surface area contributed by atoms with Crippen molar-refractivity contribution >= 4 is 11.6 Å². The molecule has 2 atom stereocenters. The zero-order valence-electron chi connectivity index (χ0n) is 18.3. The Bertz CT molecular complexity index is 879. The van der Waals surface area contributed by atoms with Crippen LogP contribution in [0.15, 0.2) is 48.5 Å². The fraction of sp³-hybridized carbons (Fsp3) is 0.440. The van der Waals surface area contributed by atoms with Crippen molar-refractivity contribution in [1.29, 1.82) is 5.26 Å². The highest BCUT2D eigenvalue weighted by Gasteiger charge is 2.26. The van der Waals surface area contributed by atoms with Crippen LogP contribution in [-0.4, -0.2) is 47.9 Å². The molecule has 1 aliphatic heterocycles. The van der Waals surface area contributed by atoms with Gasteiger partial charge in [-0.2, -0.15) is 5.26 Å². The first-order chi connectivity index (χ1) is 14.5. The first kappa shape index (κ1) is 22.0. The summed E-state index contributed by atoms with van der Waals surface area (Å²) in [5, 5.41) is 12.1. The van der Waals surface area contributed by atoms with Crippen LogP contribution in [0, 0.1) is 11.3 Å². The molecule has 158 valence electrons. The number of hydrogen-bond donors (Lipinski definition) is 1. The average Bonchev–Trinajstić information content (AvgIpc) is 2.79. The van der Waals surface area contributed by atoms with Crippen molar-refractivity contribution in [1.82, 2.24) is 9.80 Å². The number of amides is 1. The number of carbonyl (C=O) groups is 1. The quantitative estimate of drug-likeness (QED) is 0.751. The molecular weight excluding hydrogens is 372 g/mol. The highest BCUT2D eigenvalue weighted by Crippen LogP contribution is 2.26. The average molecular weight is 405 g/mol. The molecule has 0 saturated carbocycles. The third-order valence-electron chi connectivity index (χ3n) is 6.19. The van der Waals surface area contributed by atoms with Crippen LogP contribution in [0.4, 0.5) is 5.69 Å². The second-order valence-electron chi connectivity index (χ2n) is 8.18. The summed E-state index contributed by atoms with van der Waals surface area (Å²) in [6, 6.07) is 17.9. The molecule has 0 unspecified atom stereocenters. The van der Waals surface area contributed by atoms with Crippen LogP contribution in [0.1, 0.15) is 49.8 Å². The van der Waals surface area contributed by atoms with Gasteiger partial charge in [-0.25, -0.2) is 0 Å². The number of carbonyl (C=O) groups excluding carboxylic acids is 1. The van der Waals surface area contributed by atoms with Crippen LogP contribution < -0.4 is 5.32 Å². The van der Waals surface area contributed by atoms with Gasteiger partial charge in [0, 0.05) is 38.4 Å². The van der Waals surface area contributed by atoms with Crippen LogP contribution >= 0.6 is 0 Å². The Morgan fingerprint density at radius 2 is 1.73 bits per heavy atom. The Hall–Kier alpha value is -2.68. The fourth-order valence-electron chi connectivity index (χ4n) is 3.92. The maximum atomic E-state index is 12.9. The van der Waals surface area contributed by atoms with E-state index in [0.29, 0.717) is 11.5 Å². The molecule has 2 aromatic carbocycles. The molecule has 0 spiro atoms. The third-order valence-corrected chi connectivity index (χ3v) is 6.19. The highest BCUT2D eigenvalue weighted by molar-refractivity contribution is 5.95. The molecule has 0 bridgehead atoms. The molecular formula is C25H32N4O. The smallest absolute Gasteiger partial charge is 0.241 e. The monoisotopic (exact) mass is 404 g/mol. The predicted octanol–water partition coefficient (Wildman–Crippen LogP) is 4.22. The standard InChI is InChI=1S/C25H32N4O/c1-4-19(2)23-7-5-6-8-24(23)27-25(30)20(3)29-15-13-28(14-16-29)18-22-11-9-21(17-26)10-12-22/h5-12,19-20H,4,13-16,18H2,1-3H3,(H,27,30)/t19-,20-/m0/s1. The number of rotatable bonds is 7. The summed E-state index contributed by atoms with van der Waals surface area (Å²) < 4.78 is 0. The number of nitrogens with one attached hydrogen (secondary N) is 1. The van der Waals surface area contributed by atoms with E-state index in [2.05, 4.69) is 41.1 Å². The van der Waals surface area contributed by atoms with Crippen molar-refractivity contribution in [3.63, 3.8) is 0 Å². The molecule has 1 N–H and O–H groups in total. The molecule has 1 aliphatic rings. The van der Waals surface area contributed by atoms with Crippen molar-refractivity contribution in [3.05, 3.63) is 65.2 Å². The van der Waals surface area contributed by atoms with Crippen LogP contribution in [-0.2, 0) is 11.3 Å². The van der Waals surface area contributed by atoms with Crippen LogP contribution in [0.3, 0.4) is 0 Å². The minimum absolute atomic E-state index is 0.0614. The van der Waals surface area contributed by atoms with Gasteiger partial charge in [-0.05, 0) is 48.6 Å². The number of nitrogens with zero attached hydrogens (tertiary/aromatic N) is 3. The van der Waals surface area contributed by atoms with E-state index < -0.39 is 0 Å². The third kappa shape index (κ3) is 5.47. The zero-order chi connectivity index (χ0) is 21.5. The van der Waals surface area contributed by atoms with Crippen molar-refractivity contribution in [2.45, 2.75) is 45.7 Å². The van der Waals surface area contributed by atoms with Gasteiger partial charge in [-0.15, -0.1) is 0 Å². The molecule has 0 aliphatic carbocycles. The van der Waals surface area contributed by atoms with Crippen molar-refractivity contribution in [2.24, 2.45) is 0 Å². The Kier molecular flexibility index (Phi) is 7.62. The van der Waals surface area contributed by atoms with Crippen molar-refractivity contribution in [3.8, 4) is 6.07 Å². The Labute approximate surface area is 180 Å². The lowest BCUT2D eigenvalue weighted by atomic mass is 9.97. The second-order valence-corrected chi connectivity index (χ2v) is 8.18. The minimum atomic E-state index is -0.160.